The Morgan fingerprint density at radius 2 is 1.96 bits per heavy atom. The Kier molecular flexibility index (Phi) is 5.82. The zero-order chi connectivity index (χ0) is 17.0. The highest BCUT2D eigenvalue weighted by molar-refractivity contribution is 9.10. The van der Waals surface area contributed by atoms with Crippen molar-refractivity contribution in [2.24, 2.45) is 4.99 Å². The van der Waals surface area contributed by atoms with Crippen LogP contribution in [0.15, 0.2) is 33.7 Å². The fraction of sp³-hybridized carbons (Fsp3) is 0.632. The molecule has 4 nitrogen and oxygen atoms in total. The molecule has 0 heterocycles. The first kappa shape index (κ1) is 17.7. The predicted octanol–water partition coefficient (Wildman–Crippen LogP) is 3.34. The molecule has 132 valence electrons. The molecule has 2 aliphatic rings. The van der Waals surface area contributed by atoms with Crippen LogP contribution in [0.1, 0.15) is 51.0 Å². The average molecular weight is 394 g/mol. The van der Waals surface area contributed by atoms with Gasteiger partial charge in [0.25, 0.3) is 0 Å². The molecule has 3 N–H and O–H groups in total. The summed E-state index contributed by atoms with van der Waals surface area (Å²) in [6.07, 6.45) is 6.09. The first-order valence-corrected chi connectivity index (χ1v) is 9.90. The first-order valence-electron chi connectivity index (χ1n) is 9.11. The number of nitrogens with zero attached hydrogens (tertiary/aromatic N) is 1. The SMILES string of the molecule is CCNC(=NCC1(c2ccccc2Br)CC1)NC1CCC(O)CC1. The summed E-state index contributed by atoms with van der Waals surface area (Å²) in [7, 11) is 0. The maximum absolute atomic E-state index is 9.66. The molecule has 3 rings (SSSR count). The standard InChI is InChI=1S/C19H28BrN3O/c1-2-21-18(23-14-7-9-15(24)10-8-14)22-13-19(11-12-19)16-5-3-4-6-17(16)20/h3-6,14-15,24H,2,7-13H2,1H3,(H2,21,22,23). The summed E-state index contributed by atoms with van der Waals surface area (Å²) in [5.74, 6) is 0.914. The monoisotopic (exact) mass is 393 g/mol. The van der Waals surface area contributed by atoms with Crippen LogP contribution in [0.4, 0.5) is 0 Å². The van der Waals surface area contributed by atoms with Crippen molar-refractivity contribution in [1.29, 1.82) is 0 Å². The molecule has 0 aliphatic heterocycles. The molecule has 0 unspecified atom stereocenters. The summed E-state index contributed by atoms with van der Waals surface area (Å²) in [5, 5.41) is 16.6. The number of nitrogens with one attached hydrogen (secondary N) is 2. The molecule has 2 fully saturated rings. The summed E-state index contributed by atoms with van der Waals surface area (Å²) in [6.45, 7) is 3.78. The van der Waals surface area contributed by atoms with Crippen molar-refractivity contribution in [2.75, 3.05) is 13.1 Å². The molecule has 24 heavy (non-hydrogen) atoms. The Morgan fingerprint density at radius 1 is 1.25 bits per heavy atom. The highest BCUT2D eigenvalue weighted by atomic mass is 79.9. The number of hydrogen-bond donors (Lipinski definition) is 3. The van der Waals surface area contributed by atoms with E-state index < -0.39 is 0 Å². The minimum atomic E-state index is -0.118. The summed E-state index contributed by atoms with van der Waals surface area (Å²) in [5.41, 5.74) is 1.58. The summed E-state index contributed by atoms with van der Waals surface area (Å²) in [6, 6.07) is 8.94. The van der Waals surface area contributed by atoms with Gasteiger partial charge in [0.05, 0.1) is 12.6 Å². The van der Waals surface area contributed by atoms with Gasteiger partial charge in [0, 0.05) is 22.5 Å². The van der Waals surface area contributed by atoms with E-state index in [2.05, 4.69) is 57.8 Å². The van der Waals surface area contributed by atoms with Crippen molar-refractivity contribution in [1.82, 2.24) is 10.6 Å². The lowest BCUT2D eigenvalue weighted by atomic mass is 9.93. The van der Waals surface area contributed by atoms with Crippen molar-refractivity contribution < 1.29 is 5.11 Å². The number of rotatable bonds is 5. The van der Waals surface area contributed by atoms with Gasteiger partial charge in [0.1, 0.15) is 0 Å². The molecular weight excluding hydrogens is 366 g/mol. The van der Waals surface area contributed by atoms with Crippen LogP contribution in [-0.4, -0.2) is 36.3 Å². The molecule has 2 aliphatic carbocycles. The Bertz CT molecular complexity index is 578. The normalized spacial score (nSPS) is 26.0. The number of benzene rings is 1. The van der Waals surface area contributed by atoms with Crippen molar-refractivity contribution in [3.63, 3.8) is 0 Å². The van der Waals surface area contributed by atoms with Crippen molar-refractivity contribution in [3.05, 3.63) is 34.3 Å². The van der Waals surface area contributed by atoms with E-state index in [0.717, 1.165) is 44.7 Å². The van der Waals surface area contributed by atoms with E-state index >= 15 is 0 Å². The zero-order valence-corrected chi connectivity index (χ0v) is 16.0. The van der Waals surface area contributed by atoms with Crippen LogP contribution < -0.4 is 10.6 Å². The topological polar surface area (TPSA) is 56.7 Å². The summed E-state index contributed by atoms with van der Waals surface area (Å²) >= 11 is 3.69. The van der Waals surface area contributed by atoms with Crippen LogP contribution in [-0.2, 0) is 5.41 Å². The highest BCUT2D eigenvalue weighted by Gasteiger charge is 2.45. The van der Waals surface area contributed by atoms with Crippen molar-refractivity contribution >= 4 is 21.9 Å². The molecule has 0 bridgehead atoms. The van der Waals surface area contributed by atoms with Crippen LogP contribution in [0.2, 0.25) is 0 Å². The van der Waals surface area contributed by atoms with Crippen molar-refractivity contribution in [2.45, 2.75) is 63.0 Å². The van der Waals surface area contributed by atoms with E-state index in [-0.39, 0.29) is 11.5 Å². The lowest BCUT2D eigenvalue weighted by Gasteiger charge is -2.28. The molecule has 5 heteroatoms. The second kappa shape index (κ2) is 7.87. The second-order valence-corrected chi connectivity index (χ2v) is 7.96. The van der Waals surface area contributed by atoms with E-state index in [1.54, 1.807) is 0 Å². The Hall–Kier alpha value is -1.07. The largest absolute Gasteiger partial charge is 0.393 e. The number of aliphatic imine (C=N–C) groups is 1. The molecular formula is C19H28BrN3O. The number of hydrogen-bond acceptors (Lipinski definition) is 2. The molecule has 0 atom stereocenters. The Labute approximate surface area is 153 Å². The first-order chi connectivity index (χ1) is 11.6. The lowest BCUT2D eigenvalue weighted by molar-refractivity contribution is 0.120. The van der Waals surface area contributed by atoms with Crippen LogP contribution >= 0.6 is 15.9 Å². The van der Waals surface area contributed by atoms with Gasteiger partial charge in [-0.25, -0.2) is 0 Å². The molecule has 1 aromatic carbocycles. The molecule has 0 amide bonds. The second-order valence-electron chi connectivity index (χ2n) is 7.11. The number of aliphatic hydroxyl groups excluding tert-OH is 1. The smallest absolute Gasteiger partial charge is 0.191 e. The third-order valence-electron chi connectivity index (χ3n) is 5.22. The van der Waals surface area contributed by atoms with Crippen molar-refractivity contribution in [3.8, 4) is 0 Å². The van der Waals surface area contributed by atoms with Gasteiger partial charge in [-0.3, -0.25) is 4.99 Å². The average Bonchev–Trinajstić information content (AvgIpc) is 3.36. The van der Waals surface area contributed by atoms with Crippen LogP contribution in [0.5, 0.6) is 0 Å². The van der Waals surface area contributed by atoms with Gasteiger partial charge in [0.2, 0.25) is 0 Å². The zero-order valence-electron chi connectivity index (χ0n) is 14.4. The quantitative estimate of drug-likeness (QED) is 0.531. The lowest BCUT2D eigenvalue weighted by Crippen LogP contribution is -2.45. The Morgan fingerprint density at radius 3 is 2.58 bits per heavy atom. The summed E-state index contributed by atoms with van der Waals surface area (Å²) < 4.78 is 1.19. The molecule has 1 aromatic rings. The van der Waals surface area contributed by atoms with Gasteiger partial charge < -0.3 is 15.7 Å². The highest BCUT2D eigenvalue weighted by Crippen LogP contribution is 2.50. The van der Waals surface area contributed by atoms with Gasteiger partial charge in [0.15, 0.2) is 5.96 Å². The van der Waals surface area contributed by atoms with E-state index in [1.165, 1.54) is 22.9 Å². The number of aliphatic hydroxyl groups is 1. The van der Waals surface area contributed by atoms with E-state index in [4.69, 9.17) is 4.99 Å². The molecule has 0 radical (unpaired) electrons. The summed E-state index contributed by atoms with van der Waals surface area (Å²) in [4.78, 5) is 4.89. The van der Waals surface area contributed by atoms with Gasteiger partial charge in [-0.05, 0) is 57.1 Å². The van der Waals surface area contributed by atoms with E-state index in [1.807, 2.05) is 0 Å². The van der Waals surface area contributed by atoms with Crippen LogP contribution in [0.25, 0.3) is 0 Å². The maximum atomic E-state index is 9.66. The molecule has 2 saturated carbocycles. The molecule has 0 saturated heterocycles. The van der Waals surface area contributed by atoms with Crippen LogP contribution in [0, 0.1) is 0 Å². The molecule has 0 aromatic heterocycles. The Balaban J connectivity index is 1.64. The van der Waals surface area contributed by atoms with Gasteiger partial charge in [-0.1, -0.05) is 34.1 Å². The molecule has 0 spiro atoms. The number of halogens is 1. The van der Waals surface area contributed by atoms with E-state index in [9.17, 15) is 5.11 Å². The van der Waals surface area contributed by atoms with Gasteiger partial charge >= 0.3 is 0 Å². The van der Waals surface area contributed by atoms with Gasteiger partial charge in [-0.2, -0.15) is 0 Å². The minimum Gasteiger partial charge on any atom is -0.393 e. The maximum Gasteiger partial charge on any atom is 0.191 e. The third kappa shape index (κ3) is 4.31. The predicted molar refractivity (Wildman–Crippen MR) is 102 cm³/mol. The fourth-order valence-corrected chi connectivity index (χ4v) is 4.22. The minimum absolute atomic E-state index is 0.118. The fourth-order valence-electron chi connectivity index (χ4n) is 3.52. The number of guanidine groups is 1. The van der Waals surface area contributed by atoms with E-state index in [0.29, 0.717) is 6.04 Å². The van der Waals surface area contributed by atoms with Gasteiger partial charge in [-0.15, -0.1) is 0 Å². The van der Waals surface area contributed by atoms with Crippen LogP contribution in [0.3, 0.4) is 0 Å². The third-order valence-corrected chi connectivity index (χ3v) is 5.91.